The van der Waals surface area contributed by atoms with Crippen LogP contribution in [0.25, 0.3) is 11.1 Å². The second kappa shape index (κ2) is 6.82. The summed E-state index contributed by atoms with van der Waals surface area (Å²) < 4.78 is 66.8. The predicted octanol–water partition coefficient (Wildman–Crippen LogP) is 4.65. The van der Waals surface area contributed by atoms with Gasteiger partial charge in [-0.2, -0.15) is 18.3 Å². The zero-order chi connectivity index (χ0) is 19.8. The molecule has 3 rings (SSSR count). The number of nitrogens with one attached hydrogen (secondary N) is 1. The summed E-state index contributed by atoms with van der Waals surface area (Å²) in [6, 6.07) is 8.76. The molecule has 27 heavy (non-hydrogen) atoms. The smallest absolute Gasteiger partial charge is 0.311 e. The largest absolute Gasteiger partial charge is 0.433 e. The van der Waals surface area contributed by atoms with E-state index < -0.39 is 35.0 Å². The molecule has 0 radical (unpaired) electrons. The van der Waals surface area contributed by atoms with Crippen molar-refractivity contribution in [2.24, 2.45) is 0 Å². The quantitative estimate of drug-likeness (QED) is 0.672. The Balaban J connectivity index is 2.07. The number of nitrogens with zero attached hydrogens (tertiary/aromatic N) is 2. The van der Waals surface area contributed by atoms with Crippen LogP contribution in [-0.2, 0) is 6.18 Å². The molecule has 0 atom stereocenters. The highest BCUT2D eigenvalue weighted by molar-refractivity contribution is 6.08. The Bertz CT molecular complexity index is 997. The molecule has 1 N–H and O–H groups in total. The number of halogens is 5. The highest BCUT2D eigenvalue weighted by atomic mass is 19.4. The maximum Gasteiger partial charge on any atom is 0.433 e. The van der Waals surface area contributed by atoms with Gasteiger partial charge in [-0.25, -0.2) is 8.78 Å². The van der Waals surface area contributed by atoms with Crippen LogP contribution in [0.5, 0.6) is 0 Å². The number of hydrogen-bond acceptors (Lipinski definition) is 2. The molecule has 2 aromatic carbocycles. The van der Waals surface area contributed by atoms with Gasteiger partial charge in [0.1, 0.15) is 11.6 Å². The third-order valence-corrected chi connectivity index (χ3v) is 3.94. The summed E-state index contributed by atoms with van der Waals surface area (Å²) >= 11 is 0. The zero-order valence-corrected chi connectivity index (χ0v) is 13.8. The first-order valence-electron chi connectivity index (χ1n) is 7.63. The van der Waals surface area contributed by atoms with E-state index in [2.05, 4.69) is 5.10 Å². The molecule has 0 aliphatic rings. The molecule has 0 aliphatic carbocycles. The van der Waals surface area contributed by atoms with E-state index in [1.54, 1.807) is 11.2 Å². The second-order valence-corrected chi connectivity index (χ2v) is 5.66. The number of rotatable bonds is 3. The first-order valence-corrected chi connectivity index (χ1v) is 7.63. The molecule has 1 aromatic heterocycles. The molecule has 1 heterocycles. The Kier molecular flexibility index (Phi) is 4.69. The summed E-state index contributed by atoms with van der Waals surface area (Å²) in [5.41, 5.74) is -1.81. The summed E-state index contributed by atoms with van der Waals surface area (Å²) in [4.78, 5) is 13.5. The van der Waals surface area contributed by atoms with Gasteiger partial charge >= 0.3 is 6.18 Å². The number of para-hydroxylation sites is 1. The molecule has 9 heteroatoms. The number of alkyl halides is 3. The fourth-order valence-corrected chi connectivity index (χ4v) is 2.65. The van der Waals surface area contributed by atoms with Crippen LogP contribution in [0, 0.1) is 11.6 Å². The van der Waals surface area contributed by atoms with Crippen molar-refractivity contribution in [1.82, 2.24) is 10.2 Å². The summed E-state index contributed by atoms with van der Waals surface area (Å²) in [6.45, 7) is 0. The van der Waals surface area contributed by atoms with Gasteiger partial charge in [0.15, 0.2) is 5.69 Å². The van der Waals surface area contributed by atoms with Crippen LogP contribution in [0.15, 0.2) is 48.7 Å². The molecular formula is C18H12F5N3O. The lowest BCUT2D eigenvalue weighted by Gasteiger charge is -2.21. The number of H-pyrrole nitrogens is 1. The maximum atomic E-state index is 14.2. The Labute approximate surface area is 150 Å². The monoisotopic (exact) mass is 381 g/mol. The minimum atomic E-state index is -4.80. The van der Waals surface area contributed by atoms with Gasteiger partial charge in [-0.15, -0.1) is 0 Å². The van der Waals surface area contributed by atoms with Crippen LogP contribution in [0.3, 0.4) is 0 Å². The van der Waals surface area contributed by atoms with E-state index in [4.69, 9.17) is 0 Å². The molecular weight excluding hydrogens is 369 g/mol. The van der Waals surface area contributed by atoms with Crippen LogP contribution in [-0.4, -0.2) is 23.2 Å². The lowest BCUT2D eigenvalue weighted by Crippen LogP contribution is -2.28. The van der Waals surface area contributed by atoms with E-state index in [1.807, 2.05) is 0 Å². The second-order valence-electron chi connectivity index (χ2n) is 5.66. The van der Waals surface area contributed by atoms with Gasteiger partial charge < -0.3 is 4.90 Å². The Morgan fingerprint density at radius 1 is 1.07 bits per heavy atom. The van der Waals surface area contributed by atoms with Crippen molar-refractivity contribution >= 4 is 11.6 Å². The van der Waals surface area contributed by atoms with E-state index in [1.165, 1.54) is 25.2 Å². The maximum absolute atomic E-state index is 14.2. The predicted molar refractivity (Wildman–Crippen MR) is 88.1 cm³/mol. The minimum absolute atomic E-state index is 0.112. The molecule has 0 saturated carbocycles. The Morgan fingerprint density at radius 2 is 1.78 bits per heavy atom. The van der Waals surface area contributed by atoms with Crippen molar-refractivity contribution in [2.75, 3.05) is 11.9 Å². The van der Waals surface area contributed by atoms with Crippen LogP contribution in [0.4, 0.5) is 27.6 Å². The number of amides is 1. The molecule has 3 aromatic rings. The number of aromatic amines is 1. The standard InChI is InChI=1S/C18H12F5N3O/c1-26(17(27)13-9-24-25-16(13)18(21,22)23)15-5-3-2-4-11(15)12-8-10(19)6-7-14(12)20/h2-9H,1H3,(H,24,25). The number of hydrogen-bond donors (Lipinski definition) is 1. The van der Waals surface area contributed by atoms with Crippen LogP contribution in [0.2, 0.25) is 0 Å². The van der Waals surface area contributed by atoms with Gasteiger partial charge in [-0.1, -0.05) is 18.2 Å². The Morgan fingerprint density at radius 3 is 2.48 bits per heavy atom. The fourth-order valence-electron chi connectivity index (χ4n) is 2.65. The topological polar surface area (TPSA) is 49.0 Å². The molecule has 140 valence electrons. The third-order valence-electron chi connectivity index (χ3n) is 3.94. The molecule has 0 saturated heterocycles. The SMILES string of the molecule is CN(C(=O)c1cn[nH]c1C(F)(F)F)c1ccccc1-c1cc(F)ccc1F. The van der Waals surface area contributed by atoms with Crippen LogP contribution >= 0.6 is 0 Å². The highest BCUT2D eigenvalue weighted by Crippen LogP contribution is 2.35. The first-order chi connectivity index (χ1) is 12.7. The molecule has 1 amide bonds. The van der Waals surface area contributed by atoms with Gasteiger partial charge in [0.2, 0.25) is 0 Å². The number of carbonyl (C=O) groups is 1. The van der Waals surface area contributed by atoms with Crippen LogP contribution in [0.1, 0.15) is 16.1 Å². The van der Waals surface area contributed by atoms with Gasteiger partial charge in [-0.3, -0.25) is 9.89 Å². The molecule has 4 nitrogen and oxygen atoms in total. The van der Waals surface area contributed by atoms with Crippen molar-refractivity contribution in [3.8, 4) is 11.1 Å². The average molecular weight is 381 g/mol. The van der Waals surface area contributed by atoms with Gasteiger partial charge in [-0.05, 0) is 24.3 Å². The molecule has 0 spiro atoms. The van der Waals surface area contributed by atoms with Gasteiger partial charge in [0.25, 0.3) is 5.91 Å². The third kappa shape index (κ3) is 3.53. The molecule has 0 aliphatic heterocycles. The summed E-state index contributed by atoms with van der Waals surface area (Å²) in [5.74, 6) is -2.42. The van der Waals surface area contributed by atoms with E-state index >= 15 is 0 Å². The van der Waals surface area contributed by atoms with Crippen molar-refractivity contribution in [3.63, 3.8) is 0 Å². The summed E-state index contributed by atoms with van der Waals surface area (Å²) in [5, 5.41) is 5.05. The van der Waals surface area contributed by atoms with E-state index in [0.29, 0.717) is 0 Å². The number of benzene rings is 2. The summed E-state index contributed by atoms with van der Waals surface area (Å²) in [7, 11) is 1.24. The highest BCUT2D eigenvalue weighted by Gasteiger charge is 2.38. The van der Waals surface area contributed by atoms with E-state index in [9.17, 15) is 26.7 Å². The molecule has 0 unspecified atom stereocenters. The van der Waals surface area contributed by atoms with Crippen LogP contribution < -0.4 is 4.90 Å². The fraction of sp³-hybridized carbons (Fsp3) is 0.111. The minimum Gasteiger partial charge on any atom is -0.311 e. The average Bonchev–Trinajstić information content (AvgIpc) is 3.13. The van der Waals surface area contributed by atoms with Crippen molar-refractivity contribution in [1.29, 1.82) is 0 Å². The van der Waals surface area contributed by atoms with Gasteiger partial charge in [0, 0.05) is 18.2 Å². The lowest BCUT2D eigenvalue weighted by molar-refractivity contribution is -0.141. The Hall–Kier alpha value is -3.23. The number of aromatic nitrogens is 2. The lowest BCUT2D eigenvalue weighted by atomic mass is 10.0. The number of anilines is 1. The number of carbonyl (C=O) groups excluding carboxylic acids is 1. The summed E-state index contributed by atoms with van der Waals surface area (Å²) in [6.07, 6.45) is -4.02. The van der Waals surface area contributed by atoms with E-state index in [-0.39, 0.29) is 16.8 Å². The molecule has 0 bridgehead atoms. The normalized spacial score (nSPS) is 11.5. The van der Waals surface area contributed by atoms with Gasteiger partial charge in [0.05, 0.1) is 17.4 Å². The zero-order valence-electron chi connectivity index (χ0n) is 13.8. The molecule has 0 fully saturated rings. The van der Waals surface area contributed by atoms with Crippen molar-refractivity contribution < 1.29 is 26.7 Å². The van der Waals surface area contributed by atoms with Crippen molar-refractivity contribution in [3.05, 3.63) is 71.6 Å². The first kappa shape index (κ1) is 18.6. The van der Waals surface area contributed by atoms with E-state index in [0.717, 1.165) is 29.3 Å². The van der Waals surface area contributed by atoms with Crippen molar-refractivity contribution in [2.45, 2.75) is 6.18 Å².